The van der Waals surface area contributed by atoms with Crippen molar-refractivity contribution < 1.29 is 4.79 Å². The van der Waals surface area contributed by atoms with Crippen molar-refractivity contribution in [1.29, 1.82) is 0 Å². The van der Waals surface area contributed by atoms with Crippen molar-refractivity contribution in [2.24, 2.45) is 11.7 Å². The highest BCUT2D eigenvalue weighted by Crippen LogP contribution is 2.32. The van der Waals surface area contributed by atoms with E-state index < -0.39 is 0 Å². The zero-order valence-electron chi connectivity index (χ0n) is 10.1. The van der Waals surface area contributed by atoms with Crippen molar-refractivity contribution in [3.8, 4) is 0 Å². The van der Waals surface area contributed by atoms with Gasteiger partial charge in [0.05, 0.1) is 5.92 Å². The van der Waals surface area contributed by atoms with Gasteiger partial charge in [0.2, 0.25) is 5.91 Å². The second-order valence-electron chi connectivity index (χ2n) is 4.84. The summed E-state index contributed by atoms with van der Waals surface area (Å²) in [7, 11) is 0. The van der Waals surface area contributed by atoms with Crippen molar-refractivity contribution in [1.82, 2.24) is 5.32 Å². The molecule has 0 spiro atoms. The van der Waals surface area contributed by atoms with E-state index in [1.165, 1.54) is 16.3 Å². The lowest BCUT2D eigenvalue weighted by Gasteiger charge is -2.18. The quantitative estimate of drug-likeness (QED) is 0.838. The van der Waals surface area contributed by atoms with E-state index in [0.29, 0.717) is 6.54 Å². The van der Waals surface area contributed by atoms with E-state index in [-0.39, 0.29) is 17.7 Å². The van der Waals surface area contributed by atoms with Crippen LogP contribution in [0.25, 0.3) is 10.8 Å². The highest BCUT2D eigenvalue weighted by Gasteiger charge is 2.33. The molecule has 3 rings (SSSR count). The minimum Gasteiger partial charge on any atom is -0.369 e. The highest BCUT2D eigenvalue weighted by atomic mass is 16.1. The van der Waals surface area contributed by atoms with Crippen molar-refractivity contribution in [2.75, 3.05) is 13.1 Å². The smallest absolute Gasteiger partial charge is 0.222 e. The Bertz CT molecular complexity index is 589. The maximum atomic E-state index is 11.5. The summed E-state index contributed by atoms with van der Waals surface area (Å²) in [6.07, 6.45) is 0. The molecular formula is C15H16N2O. The Morgan fingerprint density at radius 1 is 1.11 bits per heavy atom. The highest BCUT2D eigenvalue weighted by molar-refractivity contribution is 5.87. The molecule has 1 heterocycles. The molecule has 1 saturated heterocycles. The third-order valence-corrected chi connectivity index (χ3v) is 3.80. The Kier molecular flexibility index (Phi) is 2.76. The number of amides is 1. The zero-order chi connectivity index (χ0) is 12.5. The Morgan fingerprint density at radius 2 is 1.89 bits per heavy atom. The molecule has 0 radical (unpaired) electrons. The Labute approximate surface area is 106 Å². The second-order valence-corrected chi connectivity index (χ2v) is 4.84. The van der Waals surface area contributed by atoms with Crippen molar-refractivity contribution >= 4 is 16.7 Å². The van der Waals surface area contributed by atoms with Crippen molar-refractivity contribution in [3.05, 3.63) is 48.0 Å². The van der Waals surface area contributed by atoms with Crippen LogP contribution < -0.4 is 11.1 Å². The topological polar surface area (TPSA) is 55.1 Å². The first-order chi connectivity index (χ1) is 8.77. The molecule has 1 fully saturated rings. The largest absolute Gasteiger partial charge is 0.369 e. The van der Waals surface area contributed by atoms with Gasteiger partial charge in [-0.15, -0.1) is 0 Å². The van der Waals surface area contributed by atoms with Gasteiger partial charge in [-0.1, -0.05) is 42.5 Å². The number of carbonyl (C=O) groups is 1. The molecule has 1 aliphatic heterocycles. The van der Waals surface area contributed by atoms with Crippen molar-refractivity contribution in [2.45, 2.75) is 5.92 Å². The summed E-state index contributed by atoms with van der Waals surface area (Å²) >= 11 is 0. The zero-order valence-corrected chi connectivity index (χ0v) is 10.1. The average Bonchev–Trinajstić information content (AvgIpc) is 2.87. The molecule has 1 aliphatic rings. The third kappa shape index (κ3) is 1.77. The standard InChI is InChI=1S/C15H16N2O/c16-15(18)14-9-17-8-13(14)12-7-3-5-10-4-1-2-6-11(10)12/h1-7,13-14,17H,8-9H2,(H2,16,18). The van der Waals surface area contributed by atoms with Gasteiger partial charge in [0.25, 0.3) is 0 Å². The molecule has 3 N–H and O–H groups in total. The fraction of sp³-hybridized carbons (Fsp3) is 0.267. The molecule has 2 atom stereocenters. The molecule has 0 aliphatic carbocycles. The van der Waals surface area contributed by atoms with Gasteiger partial charge >= 0.3 is 0 Å². The van der Waals surface area contributed by atoms with Gasteiger partial charge < -0.3 is 11.1 Å². The SMILES string of the molecule is NC(=O)C1CNCC1c1cccc2ccccc12. The number of benzene rings is 2. The summed E-state index contributed by atoms with van der Waals surface area (Å²) in [6.45, 7) is 1.50. The molecule has 18 heavy (non-hydrogen) atoms. The van der Waals surface area contributed by atoms with Crippen LogP contribution in [0.4, 0.5) is 0 Å². The first-order valence-corrected chi connectivity index (χ1v) is 6.25. The predicted octanol–water partition coefficient (Wildman–Crippen LogP) is 1.63. The molecule has 92 valence electrons. The van der Waals surface area contributed by atoms with Gasteiger partial charge in [-0.05, 0) is 16.3 Å². The number of fused-ring (bicyclic) bond motifs is 1. The normalized spacial score (nSPS) is 23.3. The van der Waals surface area contributed by atoms with Crippen LogP contribution >= 0.6 is 0 Å². The summed E-state index contributed by atoms with van der Waals surface area (Å²) in [6, 6.07) is 14.5. The minimum atomic E-state index is -0.210. The first kappa shape index (κ1) is 11.2. The lowest BCUT2D eigenvalue weighted by Crippen LogP contribution is -2.28. The predicted molar refractivity (Wildman–Crippen MR) is 72.2 cm³/mol. The molecule has 3 nitrogen and oxygen atoms in total. The maximum Gasteiger partial charge on any atom is 0.222 e. The van der Waals surface area contributed by atoms with E-state index >= 15 is 0 Å². The molecule has 1 amide bonds. The number of nitrogens with one attached hydrogen (secondary N) is 1. The van der Waals surface area contributed by atoms with Gasteiger partial charge in [-0.3, -0.25) is 4.79 Å². The van der Waals surface area contributed by atoms with E-state index in [2.05, 4.69) is 29.6 Å². The maximum absolute atomic E-state index is 11.5. The Morgan fingerprint density at radius 3 is 2.72 bits per heavy atom. The number of hydrogen-bond donors (Lipinski definition) is 2. The molecule has 2 unspecified atom stereocenters. The van der Waals surface area contributed by atoms with Gasteiger partial charge in [0, 0.05) is 19.0 Å². The van der Waals surface area contributed by atoms with Crippen molar-refractivity contribution in [3.63, 3.8) is 0 Å². The fourth-order valence-electron chi connectivity index (χ4n) is 2.88. The number of rotatable bonds is 2. The summed E-state index contributed by atoms with van der Waals surface area (Å²) in [5.74, 6) is -0.123. The van der Waals surface area contributed by atoms with E-state index in [9.17, 15) is 4.79 Å². The molecule has 2 aromatic rings. The van der Waals surface area contributed by atoms with E-state index in [1.807, 2.05) is 18.2 Å². The third-order valence-electron chi connectivity index (χ3n) is 3.80. The van der Waals surface area contributed by atoms with E-state index in [0.717, 1.165) is 6.54 Å². The van der Waals surface area contributed by atoms with E-state index in [1.54, 1.807) is 0 Å². The van der Waals surface area contributed by atoms with Crippen LogP contribution in [0.3, 0.4) is 0 Å². The first-order valence-electron chi connectivity index (χ1n) is 6.25. The average molecular weight is 240 g/mol. The number of carbonyl (C=O) groups excluding carboxylic acids is 1. The molecule has 3 heteroatoms. The Balaban J connectivity index is 2.11. The second kappa shape index (κ2) is 4.42. The van der Waals surface area contributed by atoms with Crippen LogP contribution in [-0.4, -0.2) is 19.0 Å². The van der Waals surface area contributed by atoms with Crippen LogP contribution in [0.15, 0.2) is 42.5 Å². The van der Waals surface area contributed by atoms with Gasteiger partial charge in [0.1, 0.15) is 0 Å². The monoisotopic (exact) mass is 240 g/mol. The van der Waals surface area contributed by atoms with Crippen LogP contribution in [0.1, 0.15) is 11.5 Å². The Hall–Kier alpha value is -1.87. The summed E-state index contributed by atoms with van der Waals surface area (Å²) in [5.41, 5.74) is 6.71. The minimum absolute atomic E-state index is 0.101. The molecule has 2 aromatic carbocycles. The fourth-order valence-corrected chi connectivity index (χ4v) is 2.88. The van der Waals surface area contributed by atoms with Gasteiger partial charge in [-0.25, -0.2) is 0 Å². The molecular weight excluding hydrogens is 224 g/mol. The van der Waals surface area contributed by atoms with Crippen LogP contribution in [0.5, 0.6) is 0 Å². The van der Waals surface area contributed by atoms with Crippen LogP contribution in [-0.2, 0) is 4.79 Å². The number of nitrogens with two attached hydrogens (primary N) is 1. The lowest BCUT2D eigenvalue weighted by atomic mass is 9.85. The lowest BCUT2D eigenvalue weighted by molar-refractivity contribution is -0.121. The summed E-state index contributed by atoms with van der Waals surface area (Å²) < 4.78 is 0. The number of hydrogen-bond acceptors (Lipinski definition) is 2. The number of primary amides is 1. The van der Waals surface area contributed by atoms with Crippen LogP contribution in [0, 0.1) is 5.92 Å². The van der Waals surface area contributed by atoms with Gasteiger partial charge in [0.15, 0.2) is 0 Å². The van der Waals surface area contributed by atoms with Crippen LogP contribution in [0.2, 0.25) is 0 Å². The van der Waals surface area contributed by atoms with Gasteiger partial charge in [-0.2, -0.15) is 0 Å². The summed E-state index contributed by atoms with van der Waals surface area (Å²) in [4.78, 5) is 11.5. The van der Waals surface area contributed by atoms with E-state index in [4.69, 9.17) is 5.73 Å². The summed E-state index contributed by atoms with van der Waals surface area (Å²) in [5, 5.41) is 5.70. The molecule has 0 aromatic heterocycles. The molecule has 0 bridgehead atoms. The molecule has 0 saturated carbocycles.